The number of para-hydroxylation sites is 1. The van der Waals surface area contributed by atoms with E-state index < -0.39 is 0 Å². The highest BCUT2D eigenvalue weighted by atomic mass is 32.1. The maximum absolute atomic E-state index is 11.3. The smallest absolute Gasteiger partial charge is 0.253 e. The average molecular weight is 270 g/mol. The number of nitrogens with zero attached hydrogens (tertiary/aromatic N) is 2. The van der Waals surface area contributed by atoms with E-state index in [0.29, 0.717) is 0 Å². The maximum Gasteiger partial charge on any atom is 0.253 e. The lowest BCUT2D eigenvalue weighted by atomic mass is 10.2. The first-order valence-electron chi connectivity index (χ1n) is 5.62. The largest absolute Gasteiger partial charge is 0.385 e. The fraction of sp³-hybridized carbons (Fsp3) is 0. The van der Waals surface area contributed by atoms with Crippen LogP contribution in [0.5, 0.6) is 0 Å². The van der Waals surface area contributed by atoms with E-state index in [9.17, 15) is 4.79 Å². The highest BCUT2D eigenvalue weighted by Crippen LogP contribution is 2.17. The Kier molecular flexibility index (Phi) is 2.64. The number of pyridine rings is 1. The summed E-state index contributed by atoms with van der Waals surface area (Å²) in [5.74, 6) is 0.283. The molecule has 0 atom stereocenters. The van der Waals surface area contributed by atoms with E-state index in [2.05, 4.69) is 9.97 Å². The zero-order chi connectivity index (χ0) is 13.4. The quantitative estimate of drug-likeness (QED) is 0.663. The predicted molar refractivity (Wildman–Crippen MR) is 76.9 cm³/mol. The lowest BCUT2D eigenvalue weighted by Crippen LogP contribution is -2.15. The van der Waals surface area contributed by atoms with E-state index in [-0.39, 0.29) is 16.1 Å². The molecule has 0 aliphatic carbocycles. The first-order valence-corrected chi connectivity index (χ1v) is 6.03. The zero-order valence-electron chi connectivity index (χ0n) is 9.83. The van der Waals surface area contributed by atoms with E-state index in [1.807, 2.05) is 30.3 Å². The molecule has 3 rings (SSSR count). The molecule has 0 fully saturated rings. The van der Waals surface area contributed by atoms with Gasteiger partial charge in [-0.05, 0) is 24.4 Å². The molecule has 5 nitrogen and oxygen atoms in total. The van der Waals surface area contributed by atoms with E-state index in [1.54, 1.807) is 10.8 Å². The van der Waals surface area contributed by atoms with Crippen LogP contribution in [0.4, 0.5) is 5.82 Å². The predicted octanol–water partition coefficient (Wildman–Crippen LogP) is 2.03. The molecule has 0 aliphatic rings. The molecule has 0 saturated carbocycles. The number of nitrogens with one attached hydrogen (secondary N) is 1. The summed E-state index contributed by atoms with van der Waals surface area (Å²) in [5.41, 5.74) is 7.14. The minimum atomic E-state index is -0.313. The summed E-state index contributed by atoms with van der Waals surface area (Å²) in [6.45, 7) is 0. The first-order chi connectivity index (χ1) is 9.15. The Balaban J connectivity index is 2.31. The van der Waals surface area contributed by atoms with Crippen LogP contribution in [0.2, 0.25) is 0 Å². The molecule has 0 bridgehead atoms. The SMILES string of the molecule is Nc1cc(=O)[nH]c(=S)n1-c1cnc2ccccc2c1. The second kappa shape index (κ2) is 4.33. The third-order valence-corrected chi connectivity index (χ3v) is 3.09. The molecule has 0 aliphatic heterocycles. The van der Waals surface area contributed by atoms with Gasteiger partial charge in [0, 0.05) is 11.5 Å². The van der Waals surface area contributed by atoms with E-state index in [0.717, 1.165) is 16.6 Å². The highest BCUT2D eigenvalue weighted by molar-refractivity contribution is 7.71. The number of aromatic amines is 1. The maximum atomic E-state index is 11.3. The van der Waals surface area contributed by atoms with Crippen molar-refractivity contribution in [2.45, 2.75) is 0 Å². The van der Waals surface area contributed by atoms with Crippen LogP contribution >= 0.6 is 12.2 Å². The minimum absolute atomic E-state index is 0.252. The van der Waals surface area contributed by atoms with Crippen LogP contribution in [0.3, 0.4) is 0 Å². The number of hydrogen-bond acceptors (Lipinski definition) is 4. The van der Waals surface area contributed by atoms with Gasteiger partial charge in [0.05, 0.1) is 17.4 Å². The third kappa shape index (κ3) is 2.02. The number of hydrogen-bond donors (Lipinski definition) is 2. The van der Waals surface area contributed by atoms with Gasteiger partial charge >= 0.3 is 0 Å². The third-order valence-electron chi connectivity index (χ3n) is 2.80. The van der Waals surface area contributed by atoms with Crippen molar-refractivity contribution in [1.29, 1.82) is 0 Å². The lowest BCUT2D eigenvalue weighted by Gasteiger charge is -2.10. The number of H-pyrrole nitrogens is 1. The molecule has 19 heavy (non-hydrogen) atoms. The van der Waals surface area contributed by atoms with Gasteiger partial charge in [-0.25, -0.2) is 0 Å². The van der Waals surface area contributed by atoms with Crippen LogP contribution < -0.4 is 11.3 Å². The molecular weight excluding hydrogens is 260 g/mol. The summed E-state index contributed by atoms with van der Waals surface area (Å²) in [5, 5.41) is 0.979. The van der Waals surface area contributed by atoms with Crippen LogP contribution in [0, 0.1) is 4.77 Å². The van der Waals surface area contributed by atoms with Gasteiger partial charge in [-0.1, -0.05) is 18.2 Å². The Labute approximate surface area is 113 Å². The van der Waals surface area contributed by atoms with Crippen LogP contribution in [0.25, 0.3) is 16.6 Å². The van der Waals surface area contributed by atoms with E-state index in [1.165, 1.54) is 6.07 Å². The number of anilines is 1. The molecule has 0 saturated heterocycles. The van der Waals surface area contributed by atoms with Crippen molar-refractivity contribution in [3.05, 3.63) is 57.7 Å². The van der Waals surface area contributed by atoms with Crippen LogP contribution in [0.1, 0.15) is 0 Å². The summed E-state index contributed by atoms with van der Waals surface area (Å²) in [4.78, 5) is 18.2. The van der Waals surface area contributed by atoms with Gasteiger partial charge < -0.3 is 5.73 Å². The molecule has 0 radical (unpaired) electrons. The number of nitrogen functional groups attached to an aromatic ring is 1. The Morgan fingerprint density at radius 3 is 2.84 bits per heavy atom. The number of aromatic nitrogens is 3. The fourth-order valence-corrected chi connectivity index (χ4v) is 2.27. The number of benzene rings is 1. The van der Waals surface area contributed by atoms with Gasteiger partial charge in [-0.3, -0.25) is 19.3 Å². The molecular formula is C13H10N4OS. The van der Waals surface area contributed by atoms with E-state index >= 15 is 0 Å². The summed E-state index contributed by atoms with van der Waals surface area (Å²) in [7, 11) is 0. The fourth-order valence-electron chi connectivity index (χ4n) is 1.96. The topological polar surface area (TPSA) is 76.7 Å². The van der Waals surface area contributed by atoms with Gasteiger partial charge in [0.1, 0.15) is 5.82 Å². The van der Waals surface area contributed by atoms with Crippen molar-refractivity contribution >= 4 is 28.9 Å². The van der Waals surface area contributed by atoms with Crippen molar-refractivity contribution in [1.82, 2.24) is 14.5 Å². The van der Waals surface area contributed by atoms with E-state index in [4.69, 9.17) is 18.0 Å². The second-order valence-electron chi connectivity index (χ2n) is 4.09. The van der Waals surface area contributed by atoms with Gasteiger partial charge in [-0.15, -0.1) is 0 Å². The molecule has 0 spiro atoms. The monoisotopic (exact) mass is 270 g/mol. The molecule has 2 heterocycles. The number of nitrogens with two attached hydrogens (primary N) is 1. The Morgan fingerprint density at radius 2 is 2.05 bits per heavy atom. The Bertz CT molecular complexity index is 881. The van der Waals surface area contributed by atoms with Crippen LogP contribution in [-0.2, 0) is 0 Å². The van der Waals surface area contributed by atoms with Crippen molar-refractivity contribution in [3.63, 3.8) is 0 Å². The standard InChI is InChI=1S/C13H10N4OS/c14-11-6-12(18)16-13(19)17(11)9-5-8-3-1-2-4-10(8)15-7-9/h1-7H,14H2,(H,16,18,19). The molecule has 3 aromatic rings. The summed E-state index contributed by atoms with van der Waals surface area (Å²) in [6.07, 6.45) is 1.67. The Morgan fingerprint density at radius 1 is 1.26 bits per heavy atom. The van der Waals surface area contributed by atoms with Crippen molar-refractivity contribution in [2.75, 3.05) is 5.73 Å². The van der Waals surface area contributed by atoms with Gasteiger partial charge in [0.15, 0.2) is 4.77 Å². The normalized spacial score (nSPS) is 10.7. The highest BCUT2D eigenvalue weighted by Gasteiger charge is 2.05. The van der Waals surface area contributed by atoms with Gasteiger partial charge in [-0.2, -0.15) is 0 Å². The molecule has 1 aromatic carbocycles. The van der Waals surface area contributed by atoms with Crippen LogP contribution in [-0.4, -0.2) is 14.5 Å². The number of fused-ring (bicyclic) bond motifs is 1. The molecule has 0 unspecified atom stereocenters. The summed E-state index contributed by atoms with van der Waals surface area (Å²) in [6, 6.07) is 11.0. The summed E-state index contributed by atoms with van der Waals surface area (Å²) < 4.78 is 1.83. The summed E-state index contributed by atoms with van der Waals surface area (Å²) >= 11 is 5.13. The van der Waals surface area contributed by atoms with Crippen molar-refractivity contribution < 1.29 is 0 Å². The van der Waals surface area contributed by atoms with Crippen molar-refractivity contribution in [3.8, 4) is 5.69 Å². The molecule has 3 N–H and O–H groups in total. The Hall–Kier alpha value is -2.47. The van der Waals surface area contributed by atoms with Crippen molar-refractivity contribution in [2.24, 2.45) is 0 Å². The minimum Gasteiger partial charge on any atom is -0.385 e. The zero-order valence-corrected chi connectivity index (χ0v) is 10.6. The number of rotatable bonds is 1. The first kappa shape index (κ1) is 11.6. The second-order valence-corrected chi connectivity index (χ2v) is 4.47. The lowest BCUT2D eigenvalue weighted by molar-refractivity contribution is 0.946. The van der Waals surface area contributed by atoms with Gasteiger partial charge in [0.25, 0.3) is 5.56 Å². The molecule has 0 amide bonds. The average Bonchev–Trinajstić information content (AvgIpc) is 2.37. The van der Waals surface area contributed by atoms with Crippen LogP contribution in [0.15, 0.2) is 47.4 Å². The molecule has 6 heteroatoms. The molecule has 2 aromatic heterocycles. The molecule has 94 valence electrons. The van der Waals surface area contributed by atoms with Gasteiger partial charge in [0.2, 0.25) is 0 Å².